The zero-order chi connectivity index (χ0) is 9.97. The van der Waals surface area contributed by atoms with Crippen LogP contribution in [0.25, 0.3) is 0 Å². The number of ether oxygens (including phenoxy) is 1. The highest BCUT2D eigenvalue weighted by Gasteiger charge is 2.06. The SMILES string of the molecule is Cn1cnc(Oc2nc(CCl)cs2)n1. The maximum absolute atomic E-state index is 5.60. The first-order chi connectivity index (χ1) is 6.78. The van der Waals surface area contributed by atoms with Crippen molar-refractivity contribution in [3.8, 4) is 11.2 Å². The van der Waals surface area contributed by atoms with Crippen molar-refractivity contribution in [1.82, 2.24) is 19.7 Å². The summed E-state index contributed by atoms with van der Waals surface area (Å²) in [6.45, 7) is 0. The maximum atomic E-state index is 5.60. The van der Waals surface area contributed by atoms with Gasteiger partial charge in [0, 0.05) is 12.4 Å². The van der Waals surface area contributed by atoms with Crippen LogP contribution in [0.3, 0.4) is 0 Å². The third-order valence-corrected chi connectivity index (χ3v) is 2.46. The lowest BCUT2D eigenvalue weighted by molar-refractivity contribution is 0.435. The molecule has 0 radical (unpaired) electrons. The zero-order valence-corrected chi connectivity index (χ0v) is 8.92. The monoisotopic (exact) mass is 230 g/mol. The fourth-order valence-electron chi connectivity index (χ4n) is 0.841. The van der Waals surface area contributed by atoms with Crippen molar-refractivity contribution in [2.45, 2.75) is 5.88 Å². The fourth-order valence-corrected chi connectivity index (χ4v) is 1.73. The molecule has 74 valence electrons. The molecule has 5 nitrogen and oxygen atoms in total. The molecule has 2 heterocycles. The Morgan fingerprint density at radius 3 is 3.07 bits per heavy atom. The molecule has 14 heavy (non-hydrogen) atoms. The Labute approximate surface area is 89.3 Å². The topological polar surface area (TPSA) is 52.8 Å². The summed E-state index contributed by atoms with van der Waals surface area (Å²) in [7, 11) is 1.77. The molecular weight excluding hydrogens is 224 g/mol. The normalized spacial score (nSPS) is 10.4. The van der Waals surface area contributed by atoms with Gasteiger partial charge in [0.25, 0.3) is 5.19 Å². The zero-order valence-electron chi connectivity index (χ0n) is 7.35. The van der Waals surface area contributed by atoms with E-state index in [1.54, 1.807) is 18.1 Å². The van der Waals surface area contributed by atoms with Crippen molar-refractivity contribution in [3.63, 3.8) is 0 Å². The van der Waals surface area contributed by atoms with Crippen LogP contribution in [0, 0.1) is 0 Å². The molecule has 0 aromatic carbocycles. The standard InChI is InChI=1S/C7H7ClN4OS/c1-12-4-9-6(11-12)13-7-10-5(2-8)3-14-7/h3-4H,2H2,1H3. The minimum atomic E-state index is 0.294. The molecule has 0 unspecified atom stereocenters. The Balaban J connectivity index is 2.10. The average molecular weight is 231 g/mol. The van der Waals surface area contributed by atoms with Crippen LogP contribution in [0.1, 0.15) is 5.69 Å². The van der Waals surface area contributed by atoms with Crippen molar-refractivity contribution in [1.29, 1.82) is 0 Å². The second kappa shape index (κ2) is 3.93. The van der Waals surface area contributed by atoms with Crippen molar-refractivity contribution in [3.05, 3.63) is 17.4 Å². The van der Waals surface area contributed by atoms with Crippen LogP contribution in [0.5, 0.6) is 11.2 Å². The van der Waals surface area contributed by atoms with Crippen LogP contribution < -0.4 is 4.74 Å². The largest absolute Gasteiger partial charge is 0.394 e. The van der Waals surface area contributed by atoms with Crippen LogP contribution in [0.4, 0.5) is 0 Å². The van der Waals surface area contributed by atoms with Gasteiger partial charge < -0.3 is 4.74 Å². The summed E-state index contributed by atoms with van der Waals surface area (Å²) in [6.07, 6.45) is 1.56. The minimum absolute atomic E-state index is 0.294. The van der Waals surface area contributed by atoms with Gasteiger partial charge in [-0.15, -0.1) is 16.7 Å². The quantitative estimate of drug-likeness (QED) is 0.755. The Kier molecular flexibility index (Phi) is 2.64. The highest BCUT2D eigenvalue weighted by atomic mass is 35.5. The van der Waals surface area contributed by atoms with E-state index in [1.807, 2.05) is 5.38 Å². The van der Waals surface area contributed by atoms with Crippen molar-refractivity contribution < 1.29 is 4.74 Å². The number of aryl methyl sites for hydroxylation is 1. The minimum Gasteiger partial charge on any atom is -0.394 e. The first-order valence-electron chi connectivity index (χ1n) is 3.82. The molecule has 0 spiro atoms. The van der Waals surface area contributed by atoms with Crippen molar-refractivity contribution in [2.24, 2.45) is 7.05 Å². The van der Waals surface area contributed by atoms with Gasteiger partial charge in [-0.1, -0.05) is 11.3 Å². The third-order valence-electron chi connectivity index (χ3n) is 1.42. The number of alkyl halides is 1. The molecule has 0 bridgehead atoms. The average Bonchev–Trinajstić information content (AvgIpc) is 2.76. The second-order valence-corrected chi connectivity index (χ2v) is 3.63. The molecule has 2 rings (SSSR count). The summed E-state index contributed by atoms with van der Waals surface area (Å²) in [5, 5.41) is 6.30. The predicted octanol–water partition coefficient (Wildman–Crippen LogP) is 1.80. The van der Waals surface area contributed by atoms with Gasteiger partial charge >= 0.3 is 6.01 Å². The number of aromatic nitrogens is 4. The molecule has 0 fully saturated rings. The first-order valence-corrected chi connectivity index (χ1v) is 5.23. The van der Waals surface area contributed by atoms with E-state index in [1.165, 1.54) is 11.3 Å². The predicted molar refractivity (Wildman–Crippen MR) is 52.7 cm³/mol. The summed E-state index contributed by atoms with van der Waals surface area (Å²) in [4.78, 5) is 8.02. The van der Waals surface area contributed by atoms with E-state index in [2.05, 4.69) is 15.1 Å². The van der Waals surface area contributed by atoms with E-state index < -0.39 is 0 Å². The molecular formula is C7H7ClN4OS. The summed E-state index contributed by atoms with van der Waals surface area (Å²) < 4.78 is 6.85. The Morgan fingerprint density at radius 2 is 2.50 bits per heavy atom. The maximum Gasteiger partial charge on any atom is 0.342 e. The van der Waals surface area contributed by atoms with E-state index in [-0.39, 0.29) is 0 Å². The van der Waals surface area contributed by atoms with Crippen LogP contribution in [-0.2, 0) is 12.9 Å². The number of nitrogens with zero attached hydrogens (tertiary/aromatic N) is 4. The third kappa shape index (κ3) is 2.02. The van der Waals surface area contributed by atoms with Crippen LogP contribution in [-0.4, -0.2) is 19.7 Å². The van der Waals surface area contributed by atoms with E-state index in [9.17, 15) is 0 Å². The van der Waals surface area contributed by atoms with Gasteiger partial charge in [-0.25, -0.2) is 4.98 Å². The van der Waals surface area contributed by atoms with Gasteiger partial charge in [-0.3, -0.25) is 4.68 Å². The summed E-state index contributed by atoms with van der Waals surface area (Å²) in [5.41, 5.74) is 0.794. The number of hydrogen-bond donors (Lipinski definition) is 0. The lowest BCUT2D eigenvalue weighted by Crippen LogP contribution is -1.89. The highest BCUT2D eigenvalue weighted by molar-refractivity contribution is 7.11. The molecule has 0 aliphatic rings. The molecule has 0 N–H and O–H groups in total. The number of thiazole rings is 1. The Bertz CT molecular complexity index is 427. The molecule has 0 saturated carbocycles. The molecule has 2 aromatic rings. The number of rotatable bonds is 3. The summed E-state index contributed by atoms with van der Waals surface area (Å²) >= 11 is 6.97. The van der Waals surface area contributed by atoms with Gasteiger partial charge in [0.1, 0.15) is 6.33 Å². The lowest BCUT2D eigenvalue weighted by Gasteiger charge is -1.92. The summed E-state index contributed by atoms with van der Waals surface area (Å²) in [5.74, 6) is 0.384. The summed E-state index contributed by atoms with van der Waals surface area (Å²) in [6, 6.07) is 0.294. The highest BCUT2D eigenvalue weighted by Crippen LogP contribution is 2.22. The van der Waals surface area contributed by atoms with E-state index in [0.29, 0.717) is 17.1 Å². The lowest BCUT2D eigenvalue weighted by atomic mass is 10.6. The van der Waals surface area contributed by atoms with Gasteiger partial charge in [0.15, 0.2) is 0 Å². The van der Waals surface area contributed by atoms with Gasteiger partial charge in [-0.2, -0.15) is 4.98 Å². The van der Waals surface area contributed by atoms with Crippen LogP contribution in [0.15, 0.2) is 11.7 Å². The van der Waals surface area contributed by atoms with Crippen LogP contribution in [0.2, 0.25) is 0 Å². The van der Waals surface area contributed by atoms with Gasteiger partial charge in [-0.05, 0) is 0 Å². The molecule has 2 aromatic heterocycles. The Morgan fingerprint density at radius 1 is 1.64 bits per heavy atom. The first kappa shape index (κ1) is 9.42. The van der Waals surface area contributed by atoms with E-state index >= 15 is 0 Å². The fraction of sp³-hybridized carbons (Fsp3) is 0.286. The molecule has 0 saturated heterocycles. The molecule has 0 aliphatic carbocycles. The number of halogens is 1. The molecule has 0 atom stereocenters. The molecule has 0 aliphatic heterocycles. The number of hydrogen-bond acceptors (Lipinski definition) is 5. The second-order valence-electron chi connectivity index (χ2n) is 2.54. The van der Waals surface area contributed by atoms with Gasteiger partial charge in [0.05, 0.1) is 11.6 Å². The van der Waals surface area contributed by atoms with Gasteiger partial charge in [0.2, 0.25) is 0 Å². The Hall–Kier alpha value is -1.14. The van der Waals surface area contributed by atoms with E-state index in [0.717, 1.165) is 5.69 Å². The van der Waals surface area contributed by atoms with Crippen molar-refractivity contribution >= 4 is 22.9 Å². The molecule has 7 heteroatoms. The van der Waals surface area contributed by atoms with Crippen LogP contribution >= 0.6 is 22.9 Å². The van der Waals surface area contributed by atoms with E-state index in [4.69, 9.17) is 16.3 Å². The smallest absolute Gasteiger partial charge is 0.342 e. The molecule has 0 amide bonds. The van der Waals surface area contributed by atoms with Crippen molar-refractivity contribution in [2.75, 3.05) is 0 Å².